The molecule has 2 fully saturated rings. The van der Waals surface area contributed by atoms with Crippen LogP contribution in [-0.4, -0.2) is 72.7 Å². The highest BCUT2D eigenvalue weighted by Crippen LogP contribution is 2.23. The lowest BCUT2D eigenvalue weighted by molar-refractivity contribution is 0.0766. The number of aromatic amines is 2. The molecule has 5 N–H and O–H groups in total. The van der Waals surface area contributed by atoms with Gasteiger partial charge in [-0.2, -0.15) is 9.61 Å². The van der Waals surface area contributed by atoms with Crippen molar-refractivity contribution in [1.82, 2.24) is 34.8 Å². The van der Waals surface area contributed by atoms with Gasteiger partial charge in [-0.15, -0.1) is 0 Å². The number of aromatic hydroxyl groups is 1. The van der Waals surface area contributed by atoms with Crippen molar-refractivity contribution in [2.24, 2.45) is 4.99 Å². The summed E-state index contributed by atoms with van der Waals surface area (Å²) in [6, 6.07) is 6.23. The number of nitrogens with zero attached hydrogens (tertiary/aromatic N) is 5. The first kappa shape index (κ1) is 23.9. The van der Waals surface area contributed by atoms with Crippen molar-refractivity contribution in [1.29, 1.82) is 0 Å². The van der Waals surface area contributed by atoms with E-state index in [0.717, 1.165) is 25.8 Å². The Labute approximate surface area is 214 Å². The molecule has 6 rings (SSSR count). The summed E-state index contributed by atoms with van der Waals surface area (Å²) in [5, 5.41) is 21.1. The van der Waals surface area contributed by atoms with Crippen LogP contribution < -0.4 is 27.0 Å². The van der Waals surface area contributed by atoms with E-state index in [9.17, 15) is 14.7 Å². The van der Waals surface area contributed by atoms with Crippen molar-refractivity contribution in [2.75, 3.05) is 31.5 Å². The van der Waals surface area contributed by atoms with Crippen LogP contribution in [0, 0.1) is 5.82 Å². The maximum absolute atomic E-state index is 15.1. The molecule has 1 amide bonds. The minimum Gasteiger partial charge on any atom is -0.493 e. The second-order valence-electron chi connectivity index (χ2n) is 9.40. The van der Waals surface area contributed by atoms with Gasteiger partial charge < -0.3 is 25.6 Å². The number of anilines is 2. The van der Waals surface area contributed by atoms with Crippen LogP contribution in [-0.2, 0) is 0 Å². The number of aromatic nitrogens is 5. The highest BCUT2D eigenvalue weighted by Gasteiger charge is 2.21. The molecule has 3 aromatic heterocycles. The van der Waals surface area contributed by atoms with Crippen molar-refractivity contribution < 1.29 is 14.3 Å². The van der Waals surface area contributed by atoms with Crippen molar-refractivity contribution in [3.05, 3.63) is 68.7 Å². The summed E-state index contributed by atoms with van der Waals surface area (Å²) in [5.41, 5.74) is 1.01. The molecule has 0 atom stereocenters. The minimum atomic E-state index is -0.582. The first-order valence-corrected chi connectivity index (χ1v) is 12.5. The topological polar surface area (TPSA) is 156 Å². The number of imidazole rings is 1. The highest BCUT2D eigenvalue weighted by molar-refractivity contribution is 5.94. The number of amides is 1. The van der Waals surface area contributed by atoms with Crippen LogP contribution in [0.1, 0.15) is 35.3 Å². The molecule has 1 aliphatic carbocycles. The van der Waals surface area contributed by atoms with E-state index >= 15 is 4.39 Å². The van der Waals surface area contributed by atoms with Crippen LogP contribution in [0.15, 0.2) is 40.2 Å². The summed E-state index contributed by atoms with van der Waals surface area (Å²) >= 11 is 0. The predicted octanol–water partition coefficient (Wildman–Crippen LogP) is 0.380. The van der Waals surface area contributed by atoms with E-state index in [0.29, 0.717) is 41.8 Å². The molecule has 4 aromatic rings. The molecular formula is C25H26FN9O3. The Morgan fingerprint density at radius 3 is 2.84 bits per heavy atom. The third-order valence-electron chi connectivity index (χ3n) is 6.48. The predicted molar refractivity (Wildman–Crippen MR) is 137 cm³/mol. The van der Waals surface area contributed by atoms with Gasteiger partial charge in [0.2, 0.25) is 5.88 Å². The molecule has 0 bridgehead atoms. The monoisotopic (exact) mass is 519 g/mol. The number of carbonyl (C=O) groups excluding carboxylic acids is 1. The van der Waals surface area contributed by atoms with Crippen molar-refractivity contribution in [3.63, 3.8) is 0 Å². The number of carbonyl (C=O) groups is 1. The first-order chi connectivity index (χ1) is 18.4. The van der Waals surface area contributed by atoms with Gasteiger partial charge in [0, 0.05) is 36.5 Å². The van der Waals surface area contributed by atoms with Gasteiger partial charge in [-0.1, -0.05) is 0 Å². The van der Waals surface area contributed by atoms with Gasteiger partial charge in [0.25, 0.3) is 5.91 Å². The Bertz CT molecular complexity index is 1700. The molecule has 1 saturated heterocycles. The van der Waals surface area contributed by atoms with Gasteiger partial charge >= 0.3 is 5.69 Å². The molecule has 0 radical (unpaired) electrons. The average Bonchev–Trinajstić information content (AvgIpc) is 3.61. The molecule has 4 heterocycles. The number of halogens is 1. The SMILES string of the molecule is O=C(c1ccc(Nc2cc(=NC3CC3)n3nc/c(=C\c4[nH]c(=O)[nH]c4O)c3n2)c(F)c1)N1CCCNCC1. The first-order valence-electron chi connectivity index (χ1n) is 12.5. The summed E-state index contributed by atoms with van der Waals surface area (Å²) in [6.45, 7) is 2.78. The molecule has 2 aliphatic rings. The molecule has 0 unspecified atom stereocenters. The third kappa shape index (κ3) is 4.87. The number of hydrogen-bond donors (Lipinski definition) is 5. The zero-order chi connectivity index (χ0) is 26.2. The van der Waals surface area contributed by atoms with E-state index in [2.05, 4.69) is 30.7 Å². The molecule has 0 spiro atoms. The summed E-state index contributed by atoms with van der Waals surface area (Å²) in [7, 11) is 0. The molecule has 12 nitrogen and oxygen atoms in total. The summed E-state index contributed by atoms with van der Waals surface area (Å²) in [6.07, 6.45) is 5.88. The van der Waals surface area contributed by atoms with Crippen LogP contribution in [0.3, 0.4) is 0 Å². The number of hydrogen-bond acceptors (Lipinski definition) is 8. The summed E-state index contributed by atoms with van der Waals surface area (Å²) in [5.74, 6) is -0.758. The number of benzene rings is 1. The molecule has 1 aromatic carbocycles. The average molecular weight is 520 g/mol. The second-order valence-corrected chi connectivity index (χ2v) is 9.40. The normalized spacial score (nSPS) is 17.2. The number of fused-ring (bicyclic) bond motifs is 1. The third-order valence-corrected chi connectivity index (χ3v) is 6.48. The van der Waals surface area contributed by atoms with Gasteiger partial charge in [-0.3, -0.25) is 14.8 Å². The summed E-state index contributed by atoms with van der Waals surface area (Å²) < 4.78 is 16.7. The molecular weight excluding hydrogens is 493 g/mol. The lowest BCUT2D eigenvalue weighted by Crippen LogP contribution is -2.34. The Morgan fingerprint density at radius 1 is 1.21 bits per heavy atom. The Morgan fingerprint density at radius 2 is 2.08 bits per heavy atom. The van der Waals surface area contributed by atoms with Gasteiger partial charge in [0.15, 0.2) is 11.1 Å². The van der Waals surface area contributed by atoms with E-state index in [1.54, 1.807) is 27.7 Å². The van der Waals surface area contributed by atoms with E-state index in [4.69, 9.17) is 4.99 Å². The maximum atomic E-state index is 15.1. The van der Waals surface area contributed by atoms with E-state index < -0.39 is 11.5 Å². The van der Waals surface area contributed by atoms with Gasteiger partial charge in [0.1, 0.15) is 17.3 Å². The molecule has 38 heavy (non-hydrogen) atoms. The van der Waals surface area contributed by atoms with E-state index in [1.807, 2.05) is 0 Å². The fourth-order valence-electron chi connectivity index (χ4n) is 4.38. The number of H-pyrrole nitrogens is 2. The standard InChI is InChI=1S/C25H26FN9O3/c26-17-10-14(24(37)34-8-1-6-27-7-9-34)2-5-18(17)30-20-12-21(29-16-3-4-16)35-22(32-20)15(13-28-35)11-19-23(36)33-25(38)31-19/h2,5,10-13,16,27,30,36H,1,3-4,6-9H2,(H2,31,33,38)/b15-11+,29-21?. The van der Waals surface area contributed by atoms with Crippen LogP contribution in [0.4, 0.5) is 15.9 Å². The number of rotatable bonds is 5. The highest BCUT2D eigenvalue weighted by atomic mass is 19.1. The van der Waals surface area contributed by atoms with Gasteiger partial charge in [-0.05, 0) is 50.1 Å². The summed E-state index contributed by atoms with van der Waals surface area (Å²) in [4.78, 5) is 40.2. The van der Waals surface area contributed by atoms with Crippen molar-refractivity contribution in [3.8, 4) is 5.88 Å². The van der Waals surface area contributed by atoms with Gasteiger partial charge in [0.05, 0.1) is 17.9 Å². The maximum Gasteiger partial charge on any atom is 0.326 e. The Kier molecular flexibility index (Phi) is 6.12. The van der Waals surface area contributed by atoms with Crippen LogP contribution in [0.25, 0.3) is 11.7 Å². The van der Waals surface area contributed by atoms with Crippen LogP contribution in [0.5, 0.6) is 5.88 Å². The molecule has 1 aliphatic heterocycles. The lowest BCUT2D eigenvalue weighted by atomic mass is 10.1. The lowest BCUT2D eigenvalue weighted by Gasteiger charge is -2.20. The fraction of sp³-hybridized carbons (Fsp3) is 0.320. The Hall–Kier alpha value is -4.52. The fourth-order valence-corrected chi connectivity index (χ4v) is 4.38. The Balaban J connectivity index is 1.35. The molecule has 13 heteroatoms. The van der Waals surface area contributed by atoms with E-state index in [-0.39, 0.29) is 34.8 Å². The van der Waals surface area contributed by atoms with Crippen LogP contribution >= 0.6 is 0 Å². The van der Waals surface area contributed by atoms with E-state index in [1.165, 1.54) is 18.2 Å². The molecule has 196 valence electrons. The second kappa shape index (κ2) is 9.74. The zero-order valence-electron chi connectivity index (χ0n) is 20.4. The van der Waals surface area contributed by atoms with Crippen molar-refractivity contribution in [2.45, 2.75) is 25.3 Å². The zero-order valence-corrected chi connectivity index (χ0v) is 20.4. The quantitative estimate of drug-likeness (QED) is 0.255. The van der Waals surface area contributed by atoms with Crippen molar-refractivity contribution >= 4 is 29.1 Å². The largest absolute Gasteiger partial charge is 0.493 e. The molecule has 1 saturated carbocycles. The van der Waals surface area contributed by atoms with Crippen LogP contribution in [0.2, 0.25) is 0 Å². The smallest absolute Gasteiger partial charge is 0.326 e. The number of nitrogens with one attached hydrogen (secondary N) is 4. The van der Waals surface area contributed by atoms with Gasteiger partial charge in [-0.25, -0.2) is 14.2 Å². The minimum absolute atomic E-state index is 0.158.